The van der Waals surface area contributed by atoms with Gasteiger partial charge in [0, 0.05) is 18.6 Å². The highest BCUT2D eigenvalue weighted by molar-refractivity contribution is 4.88. The highest BCUT2D eigenvalue weighted by Crippen LogP contribution is 2.31. The molecule has 0 aromatic carbocycles. The third kappa shape index (κ3) is 2.36. The van der Waals surface area contributed by atoms with Crippen molar-refractivity contribution in [3.8, 4) is 0 Å². The Labute approximate surface area is 76.9 Å². The van der Waals surface area contributed by atoms with E-state index in [4.69, 9.17) is 0 Å². The van der Waals surface area contributed by atoms with Crippen molar-refractivity contribution in [1.29, 1.82) is 0 Å². The second-order valence-electron chi connectivity index (χ2n) is 4.07. The summed E-state index contributed by atoms with van der Waals surface area (Å²) in [5, 5.41) is 0. The van der Waals surface area contributed by atoms with Gasteiger partial charge in [0.25, 0.3) is 0 Å². The van der Waals surface area contributed by atoms with Crippen molar-refractivity contribution in [2.45, 2.75) is 45.5 Å². The molecule has 4 heteroatoms. The van der Waals surface area contributed by atoms with Gasteiger partial charge < -0.3 is 0 Å². The number of alkyl halides is 3. The molecule has 0 amide bonds. The average molecular weight is 195 g/mol. The Morgan fingerprint density at radius 2 is 1.77 bits per heavy atom. The fraction of sp³-hybridized carbons (Fsp3) is 1.00. The van der Waals surface area contributed by atoms with E-state index in [-0.39, 0.29) is 6.54 Å². The van der Waals surface area contributed by atoms with Gasteiger partial charge in [0.2, 0.25) is 0 Å². The lowest BCUT2D eigenvalue weighted by molar-refractivity contribution is -0.181. The molecule has 0 aromatic rings. The minimum absolute atomic E-state index is 0.145. The Bertz CT molecular complexity index is 170. The number of likely N-dealkylation sites (tertiary alicyclic amines) is 1. The maximum Gasteiger partial charge on any atom is 0.392 e. The van der Waals surface area contributed by atoms with Gasteiger partial charge in [-0.05, 0) is 20.3 Å². The predicted octanol–water partition coefficient (Wildman–Crippen LogP) is 2.67. The maximum absolute atomic E-state index is 12.2. The molecule has 0 N–H and O–H groups in total. The van der Waals surface area contributed by atoms with Gasteiger partial charge in [0.05, 0.1) is 5.92 Å². The summed E-state index contributed by atoms with van der Waals surface area (Å²) in [6.45, 7) is 5.34. The van der Waals surface area contributed by atoms with E-state index in [0.717, 1.165) is 6.42 Å². The first-order chi connectivity index (χ1) is 5.82. The minimum atomic E-state index is -4.05. The highest BCUT2D eigenvalue weighted by Gasteiger charge is 2.41. The molecule has 1 rings (SSSR count). The quantitative estimate of drug-likeness (QED) is 0.654. The van der Waals surface area contributed by atoms with Crippen molar-refractivity contribution in [3.05, 3.63) is 0 Å². The average Bonchev–Trinajstić information content (AvgIpc) is 1.98. The molecule has 0 radical (unpaired) electrons. The maximum atomic E-state index is 12.2. The lowest BCUT2D eigenvalue weighted by Gasteiger charge is -2.46. The zero-order chi connectivity index (χ0) is 10.2. The van der Waals surface area contributed by atoms with E-state index in [9.17, 15) is 13.2 Å². The van der Waals surface area contributed by atoms with Crippen molar-refractivity contribution < 1.29 is 13.2 Å². The van der Waals surface area contributed by atoms with Crippen LogP contribution >= 0.6 is 0 Å². The molecule has 3 unspecified atom stereocenters. The predicted molar refractivity (Wildman–Crippen MR) is 45.5 cm³/mol. The summed E-state index contributed by atoms with van der Waals surface area (Å²) in [5.74, 6) is -1.21. The zero-order valence-electron chi connectivity index (χ0n) is 8.23. The molecule has 0 aliphatic carbocycles. The van der Waals surface area contributed by atoms with Gasteiger partial charge in [0.1, 0.15) is 0 Å². The topological polar surface area (TPSA) is 3.24 Å². The fourth-order valence-electron chi connectivity index (χ4n) is 1.84. The summed E-state index contributed by atoms with van der Waals surface area (Å²) in [4.78, 5) is 1.91. The number of rotatable bonds is 2. The molecule has 0 bridgehead atoms. The smallest absolute Gasteiger partial charge is 0.297 e. The summed E-state index contributed by atoms with van der Waals surface area (Å²) in [7, 11) is 0. The lowest BCUT2D eigenvalue weighted by atomic mass is 9.94. The van der Waals surface area contributed by atoms with Crippen LogP contribution in [0.3, 0.4) is 0 Å². The van der Waals surface area contributed by atoms with Crippen LogP contribution < -0.4 is 0 Å². The summed E-state index contributed by atoms with van der Waals surface area (Å²) in [6, 6.07) is 0.639. The van der Waals surface area contributed by atoms with Gasteiger partial charge in [-0.2, -0.15) is 13.2 Å². The van der Waals surface area contributed by atoms with E-state index >= 15 is 0 Å². The van der Waals surface area contributed by atoms with Crippen LogP contribution in [0.5, 0.6) is 0 Å². The molecule has 1 aliphatic heterocycles. The summed E-state index contributed by atoms with van der Waals surface area (Å²) >= 11 is 0. The lowest BCUT2D eigenvalue weighted by Crippen LogP contribution is -2.55. The van der Waals surface area contributed by atoms with Crippen LogP contribution in [0.2, 0.25) is 0 Å². The van der Waals surface area contributed by atoms with Crippen molar-refractivity contribution in [2.75, 3.05) is 6.54 Å². The first-order valence-electron chi connectivity index (χ1n) is 4.65. The summed E-state index contributed by atoms with van der Waals surface area (Å²) < 4.78 is 36.6. The number of hydrogen-bond donors (Lipinski definition) is 0. The van der Waals surface area contributed by atoms with Crippen LogP contribution in [0.1, 0.15) is 27.2 Å². The normalized spacial score (nSPS) is 32.8. The molecule has 1 fully saturated rings. The van der Waals surface area contributed by atoms with E-state index in [1.54, 1.807) is 0 Å². The van der Waals surface area contributed by atoms with Gasteiger partial charge >= 0.3 is 6.18 Å². The molecule has 13 heavy (non-hydrogen) atoms. The van der Waals surface area contributed by atoms with E-state index in [0.29, 0.717) is 12.1 Å². The van der Waals surface area contributed by atoms with E-state index in [1.807, 2.05) is 18.7 Å². The van der Waals surface area contributed by atoms with Crippen molar-refractivity contribution in [2.24, 2.45) is 5.92 Å². The molecule has 78 valence electrons. The van der Waals surface area contributed by atoms with Crippen LogP contribution in [0.4, 0.5) is 13.2 Å². The Morgan fingerprint density at radius 1 is 1.31 bits per heavy atom. The third-order valence-electron chi connectivity index (χ3n) is 2.86. The van der Waals surface area contributed by atoms with Crippen molar-refractivity contribution >= 4 is 0 Å². The number of hydrogen-bond acceptors (Lipinski definition) is 1. The molecule has 1 nitrogen and oxygen atoms in total. The molecule has 0 spiro atoms. The van der Waals surface area contributed by atoms with Gasteiger partial charge in [-0.1, -0.05) is 6.92 Å². The summed E-state index contributed by atoms with van der Waals surface area (Å²) in [6.07, 6.45) is -3.03. The molecule has 1 saturated heterocycles. The van der Waals surface area contributed by atoms with Crippen molar-refractivity contribution in [1.82, 2.24) is 4.90 Å². The SMILES string of the molecule is CC1CC(C)N1CC(C)C(F)(F)F. The van der Waals surface area contributed by atoms with Crippen molar-refractivity contribution in [3.63, 3.8) is 0 Å². The van der Waals surface area contributed by atoms with Gasteiger partial charge in [0.15, 0.2) is 0 Å². The van der Waals surface area contributed by atoms with Gasteiger partial charge in [-0.25, -0.2) is 0 Å². The van der Waals surface area contributed by atoms with Gasteiger partial charge in [-0.3, -0.25) is 4.90 Å². The summed E-state index contributed by atoms with van der Waals surface area (Å²) in [5.41, 5.74) is 0. The minimum Gasteiger partial charge on any atom is -0.297 e. The van der Waals surface area contributed by atoms with E-state index in [2.05, 4.69) is 0 Å². The molecule has 0 aromatic heterocycles. The number of nitrogens with zero attached hydrogens (tertiary/aromatic N) is 1. The molecule has 3 atom stereocenters. The molecule has 1 aliphatic rings. The highest BCUT2D eigenvalue weighted by atomic mass is 19.4. The van der Waals surface area contributed by atoms with E-state index < -0.39 is 12.1 Å². The Balaban J connectivity index is 2.40. The molecule has 0 saturated carbocycles. The number of halogens is 3. The molecular formula is C9H16F3N. The standard InChI is InChI=1S/C9H16F3N/c1-6(9(10,11)12)5-13-7(2)4-8(13)3/h6-8H,4-5H2,1-3H3. The van der Waals surface area contributed by atoms with Crippen LogP contribution in [-0.4, -0.2) is 29.7 Å². The first kappa shape index (κ1) is 10.8. The Kier molecular flexibility index (Phi) is 2.90. The zero-order valence-corrected chi connectivity index (χ0v) is 8.23. The van der Waals surface area contributed by atoms with Gasteiger partial charge in [-0.15, -0.1) is 0 Å². The van der Waals surface area contributed by atoms with Crippen LogP contribution in [0.25, 0.3) is 0 Å². The van der Waals surface area contributed by atoms with Crippen LogP contribution in [-0.2, 0) is 0 Å². The van der Waals surface area contributed by atoms with E-state index in [1.165, 1.54) is 6.92 Å². The van der Waals surface area contributed by atoms with Crippen LogP contribution in [0, 0.1) is 5.92 Å². The second-order valence-corrected chi connectivity index (χ2v) is 4.07. The largest absolute Gasteiger partial charge is 0.392 e. The Hall–Kier alpha value is -0.250. The third-order valence-corrected chi connectivity index (χ3v) is 2.86. The molecular weight excluding hydrogens is 179 g/mol. The fourth-order valence-corrected chi connectivity index (χ4v) is 1.84. The second kappa shape index (κ2) is 3.48. The Morgan fingerprint density at radius 3 is 2.08 bits per heavy atom. The van der Waals surface area contributed by atoms with Crippen LogP contribution in [0.15, 0.2) is 0 Å². The first-order valence-corrected chi connectivity index (χ1v) is 4.65. The monoisotopic (exact) mass is 195 g/mol. The molecule has 1 heterocycles.